The zero-order chi connectivity index (χ0) is 18.7. The van der Waals surface area contributed by atoms with Gasteiger partial charge >= 0.3 is 0 Å². The van der Waals surface area contributed by atoms with Gasteiger partial charge in [0.05, 0.1) is 5.60 Å². The highest BCUT2D eigenvalue weighted by Crippen LogP contribution is 2.30. The van der Waals surface area contributed by atoms with Crippen molar-refractivity contribution in [3.63, 3.8) is 0 Å². The molecule has 0 saturated carbocycles. The van der Waals surface area contributed by atoms with E-state index in [-0.39, 0.29) is 17.6 Å². The number of likely N-dealkylation sites (tertiary alicyclic amines) is 1. The second kappa shape index (κ2) is 7.58. The van der Waals surface area contributed by atoms with Crippen molar-refractivity contribution in [3.8, 4) is 0 Å². The molecule has 0 aromatic heterocycles. The molecular weight excluding hydrogens is 329 g/mol. The summed E-state index contributed by atoms with van der Waals surface area (Å²) in [5.74, 6) is -0.145. The fraction of sp³-hybridized carbons (Fsp3) is 0.409. The topological polar surface area (TPSA) is 40.5 Å². The van der Waals surface area contributed by atoms with E-state index in [0.717, 1.165) is 18.4 Å². The zero-order valence-corrected chi connectivity index (χ0v) is 15.4. The molecular formula is C22H26FNO2. The summed E-state index contributed by atoms with van der Waals surface area (Å²) in [6, 6.07) is 14.4. The zero-order valence-electron chi connectivity index (χ0n) is 15.4. The van der Waals surface area contributed by atoms with Crippen LogP contribution in [0.4, 0.5) is 4.39 Å². The fourth-order valence-corrected chi connectivity index (χ4v) is 3.50. The minimum absolute atomic E-state index is 0.00560. The maximum Gasteiger partial charge on any atom is 0.253 e. The summed E-state index contributed by atoms with van der Waals surface area (Å²) < 4.78 is 14.0. The first-order valence-electron chi connectivity index (χ1n) is 9.18. The molecule has 4 heteroatoms. The van der Waals surface area contributed by atoms with Crippen LogP contribution in [0.15, 0.2) is 48.5 Å². The highest BCUT2D eigenvalue weighted by Gasteiger charge is 2.29. The summed E-state index contributed by atoms with van der Waals surface area (Å²) in [6.07, 6.45) is 2.15. The number of hydrogen-bond donors (Lipinski definition) is 1. The van der Waals surface area contributed by atoms with E-state index >= 15 is 0 Å². The lowest BCUT2D eigenvalue weighted by Gasteiger charge is -2.19. The van der Waals surface area contributed by atoms with Crippen molar-refractivity contribution in [1.29, 1.82) is 0 Å². The molecule has 26 heavy (non-hydrogen) atoms. The van der Waals surface area contributed by atoms with E-state index in [0.29, 0.717) is 30.6 Å². The Morgan fingerprint density at radius 3 is 2.73 bits per heavy atom. The Morgan fingerprint density at radius 2 is 2.00 bits per heavy atom. The average molecular weight is 355 g/mol. The van der Waals surface area contributed by atoms with Crippen LogP contribution in [0.2, 0.25) is 0 Å². The minimum atomic E-state index is -0.720. The normalized spacial score (nSPS) is 17.5. The Kier molecular flexibility index (Phi) is 5.42. The SMILES string of the molecule is CC(C)(O)CCc1cccc(C(=O)N2CC[C@H](c3ccccc3F)C2)c1. The molecule has 3 nitrogen and oxygen atoms in total. The Balaban J connectivity index is 1.68. The largest absolute Gasteiger partial charge is 0.390 e. The van der Waals surface area contributed by atoms with Gasteiger partial charge in [0.25, 0.3) is 5.91 Å². The van der Waals surface area contributed by atoms with Gasteiger partial charge in [-0.3, -0.25) is 4.79 Å². The summed E-state index contributed by atoms with van der Waals surface area (Å²) in [7, 11) is 0. The number of amides is 1. The van der Waals surface area contributed by atoms with E-state index in [9.17, 15) is 14.3 Å². The van der Waals surface area contributed by atoms with Crippen LogP contribution < -0.4 is 0 Å². The van der Waals surface area contributed by atoms with Crippen molar-refractivity contribution in [3.05, 3.63) is 71.0 Å². The number of carbonyl (C=O) groups excluding carboxylic acids is 1. The molecule has 0 spiro atoms. The van der Waals surface area contributed by atoms with E-state index < -0.39 is 5.60 Å². The van der Waals surface area contributed by atoms with Crippen molar-refractivity contribution in [2.75, 3.05) is 13.1 Å². The fourth-order valence-electron chi connectivity index (χ4n) is 3.50. The summed E-state index contributed by atoms with van der Waals surface area (Å²) >= 11 is 0. The minimum Gasteiger partial charge on any atom is -0.390 e. The van der Waals surface area contributed by atoms with Gasteiger partial charge < -0.3 is 10.0 Å². The lowest BCUT2D eigenvalue weighted by atomic mass is 9.97. The molecule has 1 N–H and O–H groups in total. The van der Waals surface area contributed by atoms with Crippen LogP contribution in [0.25, 0.3) is 0 Å². The van der Waals surface area contributed by atoms with E-state index in [1.807, 2.05) is 41.3 Å². The molecule has 1 aliphatic heterocycles. The number of rotatable bonds is 5. The van der Waals surface area contributed by atoms with Crippen LogP contribution in [-0.4, -0.2) is 34.6 Å². The molecule has 138 valence electrons. The van der Waals surface area contributed by atoms with Gasteiger partial charge in [-0.05, 0) is 62.4 Å². The number of benzene rings is 2. The number of halogens is 1. The van der Waals surface area contributed by atoms with Gasteiger partial charge in [0.1, 0.15) is 5.82 Å². The molecule has 2 aromatic carbocycles. The first-order chi connectivity index (χ1) is 12.3. The molecule has 1 saturated heterocycles. The highest BCUT2D eigenvalue weighted by atomic mass is 19.1. The van der Waals surface area contributed by atoms with Crippen molar-refractivity contribution in [2.24, 2.45) is 0 Å². The smallest absolute Gasteiger partial charge is 0.253 e. The molecule has 1 heterocycles. The number of aliphatic hydroxyl groups is 1. The molecule has 1 fully saturated rings. The standard InChI is InChI=1S/C22H26FNO2/c1-22(2,26)12-10-16-6-5-7-17(14-16)21(25)24-13-11-18(15-24)19-8-3-4-9-20(19)23/h3-9,14,18,26H,10-13,15H2,1-2H3/t18-/m0/s1. The predicted octanol–water partition coefficient (Wildman–Crippen LogP) is 4.16. The maximum atomic E-state index is 14.0. The van der Waals surface area contributed by atoms with Gasteiger partial charge in [0.2, 0.25) is 0 Å². The van der Waals surface area contributed by atoms with E-state index in [2.05, 4.69) is 0 Å². The second-order valence-corrected chi connectivity index (χ2v) is 7.77. The number of nitrogens with zero attached hydrogens (tertiary/aromatic N) is 1. The van der Waals surface area contributed by atoms with Gasteiger partial charge in [0.15, 0.2) is 0 Å². The Bertz CT molecular complexity index is 782. The Labute approximate surface area is 154 Å². The Morgan fingerprint density at radius 1 is 1.23 bits per heavy atom. The molecule has 1 atom stereocenters. The third-order valence-electron chi connectivity index (χ3n) is 5.02. The van der Waals surface area contributed by atoms with Crippen molar-refractivity contribution in [1.82, 2.24) is 4.90 Å². The number of aryl methyl sites for hydroxylation is 1. The first-order valence-corrected chi connectivity index (χ1v) is 9.18. The average Bonchev–Trinajstić information content (AvgIpc) is 3.09. The van der Waals surface area contributed by atoms with E-state index in [1.54, 1.807) is 19.9 Å². The van der Waals surface area contributed by atoms with Gasteiger partial charge in [-0.15, -0.1) is 0 Å². The predicted molar refractivity (Wildman–Crippen MR) is 101 cm³/mol. The molecule has 2 aromatic rings. The third kappa shape index (κ3) is 4.50. The molecule has 1 aliphatic rings. The maximum absolute atomic E-state index is 14.0. The van der Waals surface area contributed by atoms with Crippen LogP contribution in [0.3, 0.4) is 0 Å². The van der Waals surface area contributed by atoms with Crippen molar-refractivity contribution < 1.29 is 14.3 Å². The monoisotopic (exact) mass is 355 g/mol. The van der Waals surface area contributed by atoms with Crippen LogP contribution in [0, 0.1) is 5.82 Å². The van der Waals surface area contributed by atoms with Crippen LogP contribution in [-0.2, 0) is 6.42 Å². The number of carbonyl (C=O) groups is 1. The van der Waals surface area contributed by atoms with Crippen molar-refractivity contribution in [2.45, 2.75) is 44.6 Å². The lowest BCUT2D eigenvalue weighted by molar-refractivity contribution is 0.0714. The lowest BCUT2D eigenvalue weighted by Crippen LogP contribution is -2.28. The summed E-state index contributed by atoms with van der Waals surface area (Å²) in [6.45, 7) is 4.77. The quantitative estimate of drug-likeness (QED) is 0.875. The van der Waals surface area contributed by atoms with Gasteiger partial charge in [-0.25, -0.2) is 4.39 Å². The Hall–Kier alpha value is -2.20. The molecule has 0 aliphatic carbocycles. The van der Waals surface area contributed by atoms with E-state index in [4.69, 9.17) is 0 Å². The van der Waals surface area contributed by atoms with Gasteiger partial charge in [-0.2, -0.15) is 0 Å². The summed E-state index contributed by atoms with van der Waals surface area (Å²) in [5.41, 5.74) is 1.68. The van der Waals surface area contributed by atoms with Crippen LogP contribution in [0.5, 0.6) is 0 Å². The highest BCUT2D eigenvalue weighted by molar-refractivity contribution is 5.94. The molecule has 1 amide bonds. The first kappa shape index (κ1) is 18.6. The van der Waals surface area contributed by atoms with Crippen LogP contribution in [0.1, 0.15) is 54.1 Å². The molecule has 0 unspecified atom stereocenters. The van der Waals surface area contributed by atoms with Gasteiger partial charge in [-0.1, -0.05) is 30.3 Å². The third-order valence-corrected chi connectivity index (χ3v) is 5.02. The second-order valence-electron chi connectivity index (χ2n) is 7.77. The molecule has 0 bridgehead atoms. The van der Waals surface area contributed by atoms with E-state index in [1.165, 1.54) is 6.07 Å². The van der Waals surface area contributed by atoms with Crippen molar-refractivity contribution >= 4 is 5.91 Å². The van der Waals surface area contributed by atoms with Gasteiger partial charge in [0, 0.05) is 24.6 Å². The molecule has 0 radical (unpaired) electrons. The van der Waals surface area contributed by atoms with Crippen LogP contribution >= 0.6 is 0 Å². The number of hydrogen-bond acceptors (Lipinski definition) is 2. The molecule has 3 rings (SSSR count). The summed E-state index contributed by atoms with van der Waals surface area (Å²) in [4.78, 5) is 14.7. The summed E-state index contributed by atoms with van der Waals surface area (Å²) in [5, 5.41) is 9.88.